The molecule has 0 bridgehead atoms. The van der Waals surface area contributed by atoms with E-state index in [0.717, 1.165) is 30.4 Å². The molecule has 0 aromatic carbocycles. The molecule has 1 aliphatic rings. The van der Waals surface area contributed by atoms with Crippen molar-refractivity contribution in [2.24, 2.45) is 5.92 Å². The number of hydrogen-bond donors (Lipinski definition) is 0. The monoisotopic (exact) mass is 316 g/mol. The molecule has 0 spiro atoms. The van der Waals surface area contributed by atoms with Gasteiger partial charge in [0, 0.05) is 30.3 Å². The molecule has 1 saturated carbocycles. The zero-order valence-corrected chi connectivity index (χ0v) is 15.1. The van der Waals surface area contributed by atoms with Gasteiger partial charge in [-0.1, -0.05) is 27.7 Å². The van der Waals surface area contributed by atoms with Crippen LogP contribution < -0.4 is 0 Å². The fourth-order valence-corrected chi connectivity index (χ4v) is 3.13. The van der Waals surface area contributed by atoms with Crippen LogP contribution in [0.5, 0.6) is 0 Å². The fourth-order valence-electron chi connectivity index (χ4n) is 3.13. The van der Waals surface area contributed by atoms with Crippen LogP contribution in [0.4, 0.5) is 0 Å². The van der Waals surface area contributed by atoms with E-state index in [0.29, 0.717) is 29.7 Å². The Morgan fingerprint density at radius 1 is 1.09 bits per heavy atom. The molecule has 0 amide bonds. The molecule has 23 heavy (non-hydrogen) atoms. The first-order valence-electron chi connectivity index (χ1n) is 8.72. The van der Waals surface area contributed by atoms with Crippen LogP contribution in [0.25, 0.3) is 0 Å². The minimum Gasteiger partial charge on any atom is -0.250 e. The third kappa shape index (κ3) is 3.16. The zero-order chi connectivity index (χ0) is 16.7. The highest BCUT2D eigenvalue weighted by molar-refractivity contribution is 5.12. The molecule has 2 aromatic heterocycles. The molecule has 126 valence electrons. The van der Waals surface area contributed by atoms with Crippen LogP contribution in [-0.2, 0) is 6.54 Å². The second kappa shape index (κ2) is 6.06. The Morgan fingerprint density at radius 2 is 1.78 bits per heavy atom. The summed E-state index contributed by atoms with van der Waals surface area (Å²) in [5, 5.41) is 9.17. The highest BCUT2D eigenvalue weighted by Gasteiger charge is 2.42. The van der Waals surface area contributed by atoms with Crippen molar-refractivity contribution < 1.29 is 0 Å². The van der Waals surface area contributed by atoms with Crippen molar-refractivity contribution >= 4 is 0 Å². The summed E-state index contributed by atoms with van der Waals surface area (Å²) < 4.78 is 4.14. The van der Waals surface area contributed by atoms with Crippen LogP contribution in [0.2, 0.25) is 0 Å². The molecule has 2 atom stereocenters. The van der Waals surface area contributed by atoms with Crippen LogP contribution in [0.3, 0.4) is 0 Å². The third-order valence-corrected chi connectivity index (χ3v) is 4.50. The Bertz CT molecular complexity index is 641. The van der Waals surface area contributed by atoms with E-state index in [4.69, 9.17) is 10.1 Å². The summed E-state index contributed by atoms with van der Waals surface area (Å²) in [6.45, 7) is 13.9. The quantitative estimate of drug-likeness (QED) is 0.818. The van der Waals surface area contributed by atoms with Gasteiger partial charge in [-0.2, -0.15) is 10.2 Å². The van der Waals surface area contributed by atoms with Gasteiger partial charge < -0.3 is 0 Å². The molecule has 2 aromatic rings. The lowest BCUT2D eigenvalue weighted by atomic mass is 10.2. The molecule has 2 heterocycles. The van der Waals surface area contributed by atoms with Crippen molar-refractivity contribution in [1.29, 1.82) is 0 Å². The van der Waals surface area contributed by atoms with Gasteiger partial charge in [-0.3, -0.25) is 0 Å². The Balaban J connectivity index is 1.73. The van der Waals surface area contributed by atoms with Gasteiger partial charge >= 0.3 is 0 Å². The molecule has 0 radical (unpaired) electrons. The Morgan fingerprint density at radius 3 is 2.35 bits per heavy atom. The van der Waals surface area contributed by atoms with Gasteiger partial charge in [-0.05, 0) is 26.2 Å². The van der Waals surface area contributed by atoms with Crippen LogP contribution in [0.15, 0.2) is 6.33 Å². The molecule has 0 aliphatic heterocycles. The first kappa shape index (κ1) is 16.1. The van der Waals surface area contributed by atoms with Gasteiger partial charge in [0.25, 0.3) is 0 Å². The van der Waals surface area contributed by atoms with Crippen LogP contribution >= 0.6 is 0 Å². The summed E-state index contributed by atoms with van der Waals surface area (Å²) >= 11 is 0. The van der Waals surface area contributed by atoms with Gasteiger partial charge in [0.2, 0.25) is 0 Å². The van der Waals surface area contributed by atoms with Gasteiger partial charge in [-0.25, -0.2) is 19.3 Å². The van der Waals surface area contributed by atoms with Crippen LogP contribution in [0.1, 0.15) is 89.2 Å². The average Bonchev–Trinajstić information content (AvgIpc) is 2.89. The molecule has 1 aliphatic carbocycles. The van der Waals surface area contributed by atoms with Gasteiger partial charge in [0.1, 0.15) is 18.0 Å². The van der Waals surface area contributed by atoms with Crippen molar-refractivity contribution in [2.45, 2.75) is 78.3 Å². The minimum atomic E-state index is 0.355. The summed E-state index contributed by atoms with van der Waals surface area (Å²) in [4.78, 5) is 9.21. The first-order valence-corrected chi connectivity index (χ1v) is 8.72. The molecule has 6 heteroatoms. The van der Waals surface area contributed by atoms with E-state index in [1.54, 1.807) is 6.33 Å². The average molecular weight is 316 g/mol. The second-order valence-corrected chi connectivity index (χ2v) is 7.58. The Hall–Kier alpha value is -1.72. The van der Waals surface area contributed by atoms with E-state index >= 15 is 0 Å². The molecule has 0 saturated heterocycles. The minimum absolute atomic E-state index is 0.355. The molecule has 0 N–H and O–H groups in total. The standard InChI is InChI=1S/C17H28N6/c1-10(2)16-18-9-19-22(16)8-13-7-14(13)15-20-17(11(3)4)23(21-15)12(5)6/h9-14H,7-8H2,1-6H3. The highest BCUT2D eigenvalue weighted by atomic mass is 15.4. The first-order chi connectivity index (χ1) is 10.9. The summed E-state index contributed by atoms with van der Waals surface area (Å²) in [5.74, 6) is 5.04. The van der Waals surface area contributed by atoms with Gasteiger partial charge in [0.15, 0.2) is 5.82 Å². The largest absolute Gasteiger partial charge is 0.250 e. The van der Waals surface area contributed by atoms with Crippen LogP contribution in [-0.4, -0.2) is 29.5 Å². The van der Waals surface area contributed by atoms with Gasteiger partial charge in [0.05, 0.1) is 0 Å². The summed E-state index contributed by atoms with van der Waals surface area (Å²) in [7, 11) is 0. The summed E-state index contributed by atoms with van der Waals surface area (Å²) in [5.41, 5.74) is 0. The van der Waals surface area contributed by atoms with Crippen molar-refractivity contribution in [3.63, 3.8) is 0 Å². The van der Waals surface area contributed by atoms with E-state index in [1.165, 1.54) is 0 Å². The topological polar surface area (TPSA) is 61.4 Å². The maximum Gasteiger partial charge on any atom is 0.154 e. The Labute approximate surface area is 138 Å². The lowest BCUT2D eigenvalue weighted by Gasteiger charge is -2.10. The van der Waals surface area contributed by atoms with E-state index in [-0.39, 0.29) is 0 Å². The Kier molecular flexibility index (Phi) is 4.25. The molecule has 1 fully saturated rings. The summed E-state index contributed by atoms with van der Waals surface area (Å²) in [6.07, 6.45) is 2.81. The number of aromatic nitrogens is 6. The van der Waals surface area contributed by atoms with E-state index in [1.807, 2.05) is 0 Å². The van der Waals surface area contributed by atoms with Crippen molar-refractivity contribution in [2.75, 3.05) is 0 Å². The number of hydrogen-bond acceptors (Lipinski definition) is 4. The van der Waals surface area contributed by atoms with Gasteiger partial charge in [-0.15, -0.1) is 0 Å². The predicted octanol–water partition coefficient (Wildman–Crippen LogP) is 3.50. The van der Waals surface area contributed by atoms with Crippen molar-refractivity contribution in [3.8, 4) is 0 Å². The SMILES string of the molecule is CC(C)c1ncnn1CC1CC1c1nc(C(C)C)n(C(C)C)n1. The summed E-state index contributed by atoms with van der Waals surface area (Å²) in [6, 6.07) is 0.355. The lowest BCUT2D eigenvalue weighted by molar-refractivity contribution is 0.486. The predicted molar refractivity (Wildman–Crippen MR) is 89.5 cm³/mol. The molecule has 3 rings (SSSR count). The third-order valence-electron chi connectivity index (χ3n) is 4.50. The van der Waals surface area contributed by atoms with Crippen LogP contribution in [0, 0.1) is 5.92 Å². The van der Waals surface area contributed by atoms with E-state index in [2.05, 4.69) is 61.0 Å². The highest BCUT2D eigenvalue weighted by Crippen LogP contribution is 2.47. The number of nitrogens with zero attached hydrogens (tertiary/aromatic N) is 6. The molecular formula is C17H28N6. The normalized spacial score (nSPS) is 20.9. The fraction of sp³-hybridized carbons (Fsp3) is 0.765. The molecule has 6 nitrogen and oxygen atoms in total. The lowest BCUT2D eigenvalue weighted by Crippen LogP contribution is -2.10. The van der Waals surface area contributed by atoms with Crippen molar-refractivity contribution in [1.82, 2.24) is 29.5 Å². The van der Waals surface area contributed by atoms with E-state index in [9.17, 15) is 0 Å². The second-order valence-electron chi connectivity index (χ2n) is 7.58. The maximum absolute atomic E-state index is 4.84. The smallest absolute Gasteiger partial charge is 0.154 e. The molecular weight excluding hydrogens is 288 g/mol. The maximum atomic E-state index is 4.84. The number of rotatable bonds is 6. The van der Waals surface area contributed by atoms with E-state index < -0.39 is 0 Å². The zero-order valence-electron chi connectivity index (χ0n) is 15.1. The van der Waals surface area contributed by atoms with Crippen molar-refractivity contribution in [3.05, 3.63) is 23.8 Å². The molecule has 2 unspecified atom stereocenters.